The van der Waals surface area contributed by atoms with Crippen molar-refractivity contribution in [2.24, 2.45) is 0 Å². The van der Waals surface area contributed by atoms with Crippen molar-refractivity contribution < 1.29 is 14.5 Å². The lowest BCUT2D eigenvalue weighted by Gasteiger charge is -2.16. The minimum Gasteiger partial charge on any atom is -0.309 e. The van der Waals surface area contributed by atoms with Gasteiger partial charge in [0.05, 0.1) is 21.2 Å². The Bertz CT molecular complexity index is 1520. The van der Waals surface area contributed by atoms with Gasteiger partial charge in [0.1, 0.15) is 0 Å². The normalized spacial score (nSPS) is 14.7. The first-order valence-electron chi connectivity index (χ1n) is 11.7. The van der Waals surface area contributed by atoms with E-state index >= 15 is 0 Å². The molecule has 0 unspecified atom stereocenters. The van der Waals surface area contributed by atoms with Gasteiger partial charge in [-0.2, -0.15) is 0 Å². The molecule has 8 heteroatoms. The molecule has 0 atom stereocenters. The highest BCUT2D eigenvalue weighted by molar-refractivity contribution is 8.18. The minimum atomic E-state index is -0.425. The summed E-state index contributed by atoms with van der Waals surface area (Å²) < 4.78 is 2.03. The second-order valence-corrected chi connectivity index (χ2v) is 9.81. The lowest BCUT2D eigenvalue weighted by Crippen LogP contribution is -2.34. The number of nitrogens with zero attached hydrogens (tertiary/aromatic N) is 3. The van der Waals surface area contributed by atoms with Crippen molar-refractivity contribution in [3.63, 3.8) is 0 Å². The van der Waals surface area contributed by atoms with Crippen LogP contribution in [0.5, 0.6) is 0 Å². The van der Waals surface area contributed by atoms with E-state index in [2.05, 4.69) is 0 Å². The van der Waals surface area contributed by atoms with Crippen molar-refractivity contribution in [1.29, 1.82) is 0 Å². The van der Waals surface area contributed by atoms with Gasteiger partial charge in [0.25, 0.3) is 16.8 Å². The van der Waals surface area contributed by atoms with E-state index in [1.165, 1.54) is 17.0 Å². The number of carbonyl (C=O) groups excluding carboxylic acids is 2. The Hall–Kier alpha value is -4.43. The molecule has 5 rings (SSSR count). The van der Waals surface area contributed by atoms with Crippen LogP contribution in [-0.2, 0) is 4.79 Å². The van der Waals surface area contributed by atoms with Gasteiger partial charge in [-0.1, -0.05) is 60.7 Å². The number of non-ortho nitro benzene ring substituents is 1. The van der Waals surface area contributed by atoms with E-state index in [1.807, 2.05) is 85.1 Å². The Morgan fingerprint density at radius 2 is 1.46 bits per heavy atom. The number of hydrogen-bond donors (Lipinski definition) is 0. The molecule has 4 aromatic rings. The summed E-state index contributed by atoms with van der Waals surface area (Å²) >= 11 is 0.935. The number of carbonyl (C=O) groups is 2. The highest BCUT2D eigenvalue weighted by Gasteiger charge is 2.37. The van der Waals surface area contributed by atoms with E-state index in [0.717, 1.165) is 45.5 Å². The molecule has 0 radical (unpaired) electrons. The Kier molecular flexibility index (Phi) is 6.50. The van der Waals surface area contributed by atoms with E-state index in [9.17, 15) is 19.7 Å². The number of aromatic nitrogens is 1. The van der Waals surface area contributed by atoms with E-state index < -0.39 is 4.92 Å². The van der Waals surface area contributed by atoms with Gasteiger partial charge in [-0.15, -0.1) is 0 Å². The number of amides is 2. The zero-order valence-electron chi connectivity index (χ0n) is 20.2. The summed E-state index contributed by atoms with van der Waals surface area (Å²) in [7, 11) is 0. The zero-order chi connectivity index (χ0) is 26.1. The highest BCUT2D eigenvalue weighted by atomic mass is 32.2. The second-order valence-electron chi connectivity index (χ2n) is 8.82. The van der Waals surface area contributed by atoms with Crippen LogP contribution in [0.3, 0.4) is 0 Å². The fraction of sp³-hybridized carbons (Fsp3) is 0.103. The predicted octanol–water partition coefficient (Wildman–Crippen LogP) is 7.16. The van der Waals surface area contributed by atoms with Crippen molar-refractivity contribution >= 4 is 34.7 Å². The van der Waals surface area contributed by atoms with Gasteiger partial charge >= 0.3 is 0 Å². The summed E-state index contributed by atoms with van der Waals surface area (Å²) in [6, 6.07) is 27.7. The van der Waals surface area contributed by atoms with E-state index in [-0.39, 0.29) is 22.9 Å². The highest BCUT2D eigenvalue weighted by Crippen LogP contribution is 2.40. The minimum absolute atomic E-state index is 0.000936. The maximum atomic E-state index is 13.1. The Morgan fingerprint density at radius 1 is 0.865 bits per heavy atom. The van der Waals surface area contributed by atoms with Crippen LogP contribution in [0.15, 0.2) is 95.9 Å². The summed E-state index contributed by atoms with van der Waals surface area (Å²) in [6.45, 7) is 3.63. The quantitative estimate of drug-likeness (QED) is 0.156. The van der Waals surface area contributed by atoms with Crippen molar-refractivity contribution in [2.75, 3.05) is 0 Å². The number of thioether (sulfide) groups is 1. The number of hydrogen-bond acceptors (Lipinski definition) is 5. The Morgan fingerprint density at radius 3 is 2.00 bits per heavy atom. The molecule has 37 heavy (non-hydrogen) atoms. The summed E-state index contributed by atoms with van der Waals surface area (Å²) in [4.78, 5) is 38.1. The Balaban J connectivity index is 1.78. The third-order valence-corrected chi connectivity index (χ3v) is 6.98. The third kappa shape index (κ3) is 4.59. The topological polar surface area (TPSA) is 85.4 Å². The van der Waals surface area contributed by atoms with Gasteiger partial charge in [-0.05, 0) is 61.0 Å². The molecule has 0 saturated carbocycles. The van der Waals surface area contributed by atoms with Gasteiger partial charge in [-0.25, -0.2) is 0 Å². The lowest BCUT2D eigenvalue weighted by molar-refractivity contribution is -0.384. The molecule has 1 saturated heterocycles. The Labute approximate surface area is 218 Å². The number of nitro groups is 1. The average Bonchev–Trinajstić information content (AvgIpc) is 3.41. The first-order valence-corrected chi connectivity index (χ1v) is 12.6. The maximum absolute atomic E-state index is 13.1. The van der Waals surface area contributed by atoms with Gasteiger partial charge in [0.2, 0.25) is 0 Å². The average molecular weight is 510 g/mol. The fourth-order valence-corrected chi connectivity index (χ4v) is 5.36. The summed E-state index contributed by atoms with van der Waals surface area (Å²) in [5.41, 5.74) is 4.99. The monoisotopic (exact) mass is 509 g/mol. The molecule has 2 amide bonds. The molecule has 1 aliphatic rings. The van der Waals surface area contributed by atoms with Gasteiger partial charge in [0.15, 0.2) is 0 Å². The zero-order valence-corrected chi connectivity index (χ0v) is 21.0. The predicted molar refractivity (Wildman–Crippen MR) is 146 cm³/mol. The molecular formula is C29H23N3O4S. The molecule has 1 fully saturated rings. The summed E-state index contributed by atoms with van der Waals surface area (Å²) in [5, 5.41) is 11.0. The molecule has 2 heterocycles. The first kappa shape index (κ1) is 24.3. The van der Waals surface area contributed by atoms with Crippen molar-refractivity contribution in [3.05, 3.63) is 112 Å². The molecule has 0 aliphatic carbocycles. The van der Waals surface area contributed by atoms with Gasteiger partial charge in [0, 0.05) is 29.4 Å². The molecular weight excluding hydrogens is 486 g/mol. The molecule has 0 N–H and O–H groups in total. The van der Waals surface area contributed by atoms with E-state index in [4.69, 9.17) is 0 Å². The largest absolute Gasteiger partial charge is 0.309 e. The fourth-order valence-electron chi connectivity index (χ4n) is 4.41. The van der Waals surface area contributed by atoms with Crippen LogP contribution in [0.4, 0.5) is 10.5 Å². The molecule has 7 nitrogen and oxygen atoms in total. The maximum Gasteiger partial charge on any atom is 0.293 e. The van der Waals surface area contributed by atoms with Crippen LogP contribution >= 0.6 is 11.8 Å². The number of rotatable bonds is 6. The first-order chi connectivity index (χ1) is 17.8. The molecule has 184 valence electrons. The van der Waals surface area contributed by atoms with Crippen LogP contribution < -0.4 is 0 Å². The molecule has 1 aromatic heterocycles. The number of imide groups is 1. The van der Waals surface area contributed by atoms with Crippen LogP contribution in [0, 0.1) is 10.1 Å². The van der Waals surface area contributed by atoms with Crippen molar-refractivity contribution in [3.8, 4) is 28.2 Å². The number of nitro benzene ring substituents is 1. The molecule has 0 spiro atoms. The van der Waals surface area contributed by atoms with Crippen LogP contribution in [-0.4, -0.2) is 31.6 Å². The van der Waals surface area contributed by atoms with Gasteiger partial charge < -0.3 is 4.57 Å². The molecule has 0 bridgehead atoms. The third-order valence-electron chi connectivity index (χ3n) is 6.09. The van der Waals surface area contributed by atoms with Crippen LogP contribution in [0.1, 0.15) is 19.4 Å². The second kappa shape index (κ2) is 9.91. The standard InChI is InChI=1S/C29H23N3O4S/c1-19(2)30-28(33)26(37-29(30)34)18-22-17-25(20-9-5-3-6-10-20)31(27(22)21-11-7-4-8-12-21)23-13-15-24(16-14-23)32(35)36/h3-19H,1-2H3/b26-18-. The van der Waals surface area contributed by atoms with Gasteiger partial charge in [-0.3, -0.25) is 24.6 Å². The summed E-state index contributed by atoms with van der Waals surface area (Å²) in [6.07, 6.45) is 1.77. The summed E-state index contributed by atoms with van der Waals surface area (Å²) in [5.74, 6) is -0.312. The smallest absolute Gasteiger partial charge is 0.293 e. The van der Waals surface area contributed by atoms with Crippen LogP contribution in [0.25, 0.3) is 34.3 Å². The van der Waals surface area contributed by atoms with Crippen molar-refractivity contribution in [2.45, 2.75) is 19.9 Å². The molecule has 1 aliphatic heterocycles. The van der Waals surface area contributed by atoms with Crippen molar-refractivity contribution in [1.82, 2.24) is 9.47 Å². The lowest BCUT2D eigenvalue weighted by atomic mass is 10.1. The van der Waals surface area contributed by atoms with E-state index in [1.54, 1.807) is 18.2 Å². The van der Waals surface area contributed by atoms with E-state index in [0.29, 0.717) is 4.91 Å². The SMILES string of the molecule is CC(C)N1C(=O)S/C(=C\c2cc(-c3ccccc3)n(-c3ccc([N+](=O)[O-])cc3)c2-c2ccccc2)C1=O. The molecule has 3 aromatic carbocycles. The number of benzene rings is 3. The van der Waals surface area contributed by atoms with Crippen LogP contribution in [0.2, 0.25) is 0 Å².